The van der Waals surface area contributed by atoms with E-state index in [2.05, 4.69) is 18.8 Å². The largest absolute Gasteiger partial charge is 0.508 e. The average Bonchev–Trinajstić information content (AvgIpc) is 3.34. The van der Waals surface area contributed by atoms with E-state index >= 15 is 0 Å². The van der Waals surface area contributed by atoms with E-state index in [4.69, 9.17) is 9.47 Å². The summed E-state index contributed by atoms with van der Waals surface area (Å²) >= 11 is 0. The summed E-state index contributed by atoms with van der Waals surface area (Å²) in [5.74, 6) is 8.84. The first-order valence-corrected chi connectivity index (χ1v) is 8.28. The lowest BCUT2D eigenvalue weighted by atomic mass is 9.91. The van der Waals surface area contributed by atoms with Crippen LogP contribution in [0.2, 0.25) is 0 Å². The summed E-state index contributed by atoms with van der Waals surface area (Å²) in [6.45, 7) is 2.07. The van der Waals surface area contributed by atoms with Gasteiger partial charge in [0.15, 0.2) is 0 Å². The van der Waals surface area contributed by atoms with Crippen LogP contribution in [0.5, 0.6) is 17.2 Å². The van der Waals surface area contributed by atoms with Gasteiger partial charge in [0, 0.05) is 17.9 Å². The molecule has 2 aromatic carbocycles. The molecule has 122 valence electrons. The summed E-state index contributed by atoms with van der Waals surface area (Å²) < 4.78 is 11.6. The van der Waals surface area contributed by atoms with E-state index in [9.17, 15) is 5.11 Å². The maximum absolute atomic E-state index is 10.0. The highest BCUT2D eigenvalue weighted by Crippen LogP contribution is 2.45. The molecule has 0 radical (unpaired) electrons. The third-order valence-corrected chi connectivity index (χ3v) is 4.69. The Balaban J connectivity index is 1.69. The Hall–Kier alpha value is -2.60. The standard InChI is InChI=1S/C21H20O3/c1-21(17-7-9-19(23-2)10-8-17)13-16-12-18(22)11-15(20(16)24-21)6-5-14-3-4-14/h7-12,14,22H,3-4,13H2,1-2H3. The maximum atomic E-state index is 10.0. The normalized spacial score (nSPS) is 21.4. The molecule has 1 atom stereocenters. The second kappa shape index (κ2) is 5.49. The van der Waals surface area contributed by atoms with Crippen LogP contribution in [0, 0.1) is 17.8 Å². The third kappa shape index (κ3) is 2.69. The van der Waals surface area contributed by atoms with Gasteiger partial charge in [-0.25, -0.2) is 0 Å². The van der Waals surface area contributed by atoms with Gasteiger partial charge in [-0.1, -0.05) is 24.0 Å². The van der Waals surface area contributed by atoms with Crippen molar-refractivity contribution in [2.45, 2.75) is 31.8 Å². The molecule has 1 aliphatic heterocycles. The van der Waals surface area contributed by atoms with Gasteiger partial charge in [0.2, 0.25) is 0 Å². The van der Waals surface area contributed by atoms with Crippen molar-refractivity contribution in [1.29, 1.82) is 0 Å². The van der Waals surface area contributed by atoms with E-state index in [1.54, 1.807) is 19.2 Å². The number of rotatable bonds is 2. The summed E-state index contributed by atoms with van der Waals surface area (Å²) in [6, 6.07) is 11.4. The number of ether oxygens (including phenoxy) is 2. The van der Waals surface area contributed by atoms with Gasteiger partial charge in [-0.15, -0.1) is 0 Å². The quantitative estimate of drug-likeness (QED) is 0.850. The van der Waals surface area contributed by atoms with Crippen molar-refractivity contribution in [3.8, 4) is 29.1 Å². The molecule has 3 nitrogen and oxygen atoms in total. The fraction of sp³-hybridized carbons (Fsp3) is 0.333. The van der Waals surface area contributed by atoms with Crippen LogP contribution in [0.4, 0.5) is 0 Å². The first kappa shape index (κ1) is 15.0. The summed E-state index contributed by atoms with van der Waals surface area (Å²) in [6.07, 6.45) is 3.07. The van der Waals surface area contributed by atoms with Gasteiger partial charge < -0.3 is 14.6 Å². The van der Waals surface area contributed by atoms with E-state index < -0.39 is 5.60 Å². The number of benzene rings is 2. The second-order valence-electron chi connectivity index (χ2n) is 6.76. The number of aromatic hydroxyl groups is 1. The third-order valence-electron chi connectivity index (χ3n) is 4.69. The highest BCUT2D eigenvalue weighted by Gasteiger charge is 2.38. The highest BCUT2D eigenvalue weighted by atomic mass is 16.5. The molecule has 0 aromatic heterocycles. The number of phenols is 1. The van der Waals surface area contributed by atoms with Crippen LogP contribution in [-0.2, 0) is 12.0 Å². The molecule has 1 saturated carbocycles. The summed E-state index contributed by atoms with van der Waals surface area (Å²) in [7, 11) is 1.66. The summed E-state index contributed by atoms with van der Waals surface area (Å²) in [5.41, 5.74) is 2.42. The molecule has 24 heavy (non-hydrogen) atoms. The van der Waals surface area contributed by atoms with Gasteiger partial charge in [-0.3, -0.25) is 0 Å². The molecule has 0 bridgehead atoms. The van der Waals surface area contributed by atoms with Crippen molar-refractivity contribution in [2.75, 3.05) is 7.11 Å². The van der Waals surface area contributed by atoms with Crippen molar-refractivity contribution in [3.63, 3.8) is 0 Å². The van der Waals surface area contributed by atoms with E-state index in [0.717, 1.165) is 28.2 Å². The fourth-order valence-corrected chi connectivity index (χ4v) is 3.15. The molecule has 1 heterocycles. The van der Waals surface area contributed by atoms with Crippen molar-refractivity contribution in [1.82, 2.24) is 0 Å². The number of phenolic OH excluding ortho intramolecular Hbond substituents is 1. The Morgan fingerprint density at radius 2 is 1.96 bits per heavy atom. The molecular weight excluding hydrogens is 300 g/mol. The van der Waals surface area contributed by atoms with Crippen molar-refractivity contribution < 1.29 is 14.6 Å². The number of hydrogen-bond acceptors (Lipinski definition) is 3. The summed E-state index contributed by atoms with van der Waals surface area (Å²) in [5, 5.41) is 10.0. The van der Waals surface area contributed by atoms with Crippen LogP contribution in [0.15, 0.2) is 36.4 Å². The van der Waals surface area contributed by atoms with Crippen molar-refractivity contribution in [3.05, 3.63) is 53.1 Å². The smallest absolute Gasteiger partial charge is 0.139 e. The molecule has 1 fully saturated rings. The van der Waals surface area contributed by atoms with Gasteiger partial charge in [0.1, 0.15) is 22.8 Å². The molecule has 0 saturated heterocycles. The van der Waals surface area contributed by atoms with E-state index in [0.29, 0.717) is 12.3 Å². The molecule has 2 aliphatic rings. The second-order valence-corrected chi connectivity index (χ2v) is 6.76. The Bertz CT molecular complexity index is 838. The molecular formula is C21H20O3. The molecule has 2 aromatic rings. The SMILES string of the molecule is COc1ccc(C2(C)Cc3cc(O)cc(C#CC4CC4)c3O2)cc1. The summed E-state index contributed by atoms with van der Waals surface area (Å²) in [4.78, 5) is 0. The van der Waals surface area contributed by atoms with Crippen LogP contribution < -0.4 is 9.47 Å². The molecule has 3 heteroatoms. The minimum atomic E-state index is -0.460. The zero-order valence-corrected chi connectivity index (χ0v) is 13.9. The van der Waals surface area contributed by atoms with E-state index in [1.165, 1.54) is 12.8 Å². The predicted octanol–water partition coefficient (Wildman–Crippen LogP) is 4.01. The molecule has 1 unspecified atom stereocenters. The van der Waals surface area contributed by atoms with Gasteiger partial charge >= 0.3 is 0 Å². The Morgan fingerprint density at radius 3 is 2.62 bits per heavy atom. The van der Waals surface area contributed by atoms with Crippen LogP contribution in [0.3, 0.4) is 0 Å². The topological polar surface area (TPSA) is 38.7 Å². The van der Waals surface area contributed by atoms with Crippen LogP contribution in [-0.4, -0.2) is 12.2 Å². The van der Waals surface area contributed by atoms with Crippen LogP contribution >= 0.6 is 0 Å². The monoisotopic (exact) mass is 320 g/mol. The predicted molar refractivity (Wildman–Crippen MR) is 92.4 cm³/mol. The van der Waals surface area contributed by atoms with Crippen molar-refractivity contribution >= 4 is 0 Å². The fourth-order valence-electron chi connectivity index (χ4n) is 3.15. The zero-order chi connectivity index (χ0) is 16.7. The molecule has 1 N–H and O–H groups in total. The Labute approximate surface area is 142 Å². The average molecular weight is 320 g/mol. The van der Waals surface area contributed by atoms with Crippen LogP contribution in [0.25, 0.3) is 0 Å². The molecule has 1 aliphatic carbocycles. The first-order chi connectivity index (χ1) is 11.6. The van der Waals surface area contributed by atoms with Gasteiger partial charge in [0.25, 0.3) is 0 Å². The number of methoxy groups -OCH3 is 1. The lowest BCUT2D eigenvalue weighted by Crippen LogP contribution is -2.27. The van der Waals surface area contributed by atoms with E-state index in [1.807, 2.05) is 24.3 Å². The lowest BCUT2D eigenvalue weighted by molar-refractivity contribution is 0.115. The number of fused-ring (bicyclic) bond motifs is 1. The number of hydrogen-bond donors (Lipinski definition) is 1. The van der Waals surface area contributed by atoms with E-state index in [-0.39, 0.29) is 5.75 Å². The highest BCUT2D eigenvalue weighted by molar-refractivity contribution is 5.58. The minimum Gasteiger partial charge on any atom is -0.508 e. The Morgan fingerprint density at radius 1 is 1.21 bits per heavy atom. The maximum Gasteiger partial charge on any atom is 0.139 e. The molecule has 4 rings (SSSR count). The van der Waals surface area contributed by atoms with Gasteiger partial charge in [-0.05, 0) is 49.6 Å². The van der Waals surface area contributed by atoms with Crippen molar-refractivity contribution in [2.24, 2.45) is 5.92 Å². The molecule has 0 spiro atoms. The lowest BCUT2D eigenvalue weighted by Gasteiger charge is -2.25. The van der Waals surface area contributed by atoms with Crippen LogP contribution in [0.1, 0.15) is 36.5 Å². The zero-order valence-electron chi connectivity index (χ0n) is 13.9. The van der Waals surface area contributed by atoms with Gasteiger partial charge in [-0.2, -0.15) is 0 Å². The minimum absolute atomic E-state index is 0.247. The molecule has 0 amide bonds. The first-order valence-electron chi connectivity index (χ1n) is 8.28. The van der Waals surface area contributed by atoms with Gasteiger partial charge in [0.05, 0.1) is 12.7 Å². The Kier molecular flexibility index (Phi) is 3.42.